The molecule has 2 aromatic heterocycles. The zero-order valence-corrected chi connectivity index (χ0v) is 10.9. The lowest BCUT2D eigenvalue weighted by molar-refractivity contribution is 0.831. The van der Waals surface area contributed by atoms with Gasteiger partial charge in [0.2, 0.25) is 0 Å². The minimum Gasteiger partial charge on any atom is -0.317 e. The van der Waals surface area contributed by atoms with E-state index in [-0.39, 0.29) is 5.56 Å². The van der Waals surface area contributed by atoms with Gasteiger partial charge < -0.3 is 9.88 Å². The summed E-state index contributed by atoms with van der Waals surface area (Å²) < 4.78 is 3.61. The van der Waals surface area contributed by atoms with Gasteiger partial charge in [-0.2, -0.15) is 0 Å². The molecule has 2 heterocycles. The molecule has 2 aromatic rings. The molecular formula is C10H11BrN2OS. The van der Waals surface area contributed by atoms with Crippen LogP contribution in [0, 0.1) is 0 Å². The fourth-order valence-electron chi connectivity index (χ4n) is 1.52. The monoisotopic (exact) mass is 286 g/mol. The molecule has 0 radical (unpaired) electrons. The number of nitrogens with zero attached hydrogens (tertiary/aromatic N) is 1. The third-order valence-corrected chi connectivity index (χ3v) is 4.24. The highest BCUT2D eigenvalue weighted by molar-refractivity contribution is 9.10. The van der Waals surface area contributed by atoms with Crippen LogP contribution in [0.5, 0.6) is 0 Å². The molecule has 0 saturated carbocycles. The van der Waals surface area contributed by atoms with Gasteiger partial charge in [-0.3, -0.25) is 4.79 Å². The second-order valence-corrected chi connectivity index (χ2v) is 5.37. The Morgan fingerprint density at radius 2 is 2.33 bits per heavy atom. The van der Waals surface area contributed by atoms with Gasteiger partial charge in [-0.25, -0.2) is 0 Å². The molecule has 0 aliphatic heterocycles. The van der Waals surface area contributed by atoms with E-state index in [1.54, 1.807) is 23.0 Å². The van der Waals surface area contributed by atoms with Crippen molar-refractivity contribution in [3.8, 4) is 0 Å². The Balaban J connectivity index is 2.74. The summed E-state index contributed by atoms with van der Waals surface area (Å²) in [5.41, 5.74) is 0.0619. The van der Waals surface area contributed by atoms with E-state index >= 15 is 0 Å². The van der Waals surface area contributed by atoms with Crippen LogP contribution in [0.2, 0.25) is 0 Å². The number of halogens is 1. The van der Waals surface area contributed by atoms with Crippen molar-refractivity contribution >= 4 is 37.4 Å². The Bertz CT molecular complexity index is 558. The molecule has 0 aliphatic carbocycles. The van der Waals surface area contributed by atoms with E-state index in [1.807, 2.05) is 19.3 Å². The summed E-state index contributed by atoms with van der Waals surface area (Å²) in [4.78, 5) is 13.0. The average Bonchev–Trinajstić information content (AvgIpc) is 2.60. The number of rotatable bonds is 2. The molecule has 3 nitrogen and oxygen atoms in total. The topological polar surface area (TPSA) is 34.0 Å². The van der Waals surface area contributed by atoms with Gasteiger partial charge in [-0.05, 0) is 29.0 Å². The van der Waals surface area contributed by atoms with Gasteiger partial charge in [0.15, 0.2) is 0 Å². The summed E-state index contributed by atoms with van der Waals surface area (Å²) in [7, 11) is 3.67. The highest BCUT2D eigenvalue weighted by atomic mass is 79.9. The van der Waals surface area contributed by atoms with Gasteiger partial charge in [-0.15, -0.1) is 11.3 Å². The lowest BCUT2D eigenvalue weighted by Crippen LogP contribution is -2.15. The number of fused-ring (bicyclic) bond motifs is 1. The summed E-state index contributed by atoms with van der Waals surface area (Å²) >= 11 is 5.13. The number of hydrogen-bond donors (Lipinski definition) is 1. The number of aryl methyl sites for hydroxylation is 1. The van der Waals surface area contributed by atoms with Gasteiger partial charge in [-0.1, -0.05) is 0 Å². The maximum Gasteiger partial charge on any atom is 0.259 e. The lowest BCUT2D eigenvalue weighted by Gasteiger charge is -1.98. The van der Waals surface area contributed by atoms with Gasteiger partial charge in [0.1, 0.15) is 0 Å². The highest BCUT2D eigenvalue weighted by Gasteiger charge is 2.09. The molecule has 0 aromatic carbocycles. The number of thiophene rings is 1. The molecular weight excluding hydrogens is 276 g/mol. The van der Waals surface area contributed by atoms with Crippen LogP contribution in [-0.2, 0) is 13.6 Å². The van der Waals surface area contributed by atoms with Crippen LogP contribution in [-0.4, -0.2) is 11.6 Å². The van der Waals surface area contributed by atoms with Crippen molar-refractivity contribution in [2.24, 2.45) is 7.05 Å². The summed E-state index contributed by atoms with van der Waals surface area (Å²) in [6.45, 7) is 0.801. The smallest absolute Gasteiger partial charge is 0.259 e. The Labute approximate surface area is 99.9 Å². The maximum atomic E-state index is 11.8. The predicted molar refractivity (Wildman–Crippen MR) is 67.5 cm³/mol. The Hall–Kier alpha value is -0.650. The van der Waals surface area contributed by atoms with Crippen molar-refractivity contribution in [2.75, 3.05) is 7.05 Å². The Kier molecular flexibility index (Phi) is 2.95. The van der Waals surface area contributed by atoms with E-state index in [0.717, 1.165) is 21.1 Å². The van der Waals surface area contributed by atoms with Crippen LogP contribution in [0.15, 0.2) is 21.5 Å². The summed E-state index contributed by atoms with van der Waals surface area (Å²) in [5.74, 6) is 0. The van der Waals surface area contributed by atoms with Crippen LogP contribution in [0.4, 0.5) is 0 Å². The molecule has 1 N–H and O–H groups in total. The zero-order valence-electron chi connectivity index (χ0n) is 8.50. The van der Waals surface area contributed by atoms with Crippen molar-refractivity contribution in [3.05, 3.63) is 32.0 Å². The third kappa shape index (κ3) is 1.87. The third-order valence-electron chi connectivity index (χ3n) is 2.21. The molecule has 80 valence electrons. The average molecular weight is 287 g/mol. The number of nitrogens with one attached hydrogen (secondary N) is 1. The van der Waals surface area contributed by atoms with Crippen LogP contribution < -0.4 is 10.9 Å². The summed E-state index contributed by atoms with van der Waals surface area (Å²) in [6.07, 6.45) is 1.81. The number of pyridine rings is 1. The maximum absolute atomic E-state index is 11.8. The van der Waals surface area contributed by atoms with E-state index in [0.29, 0.717) is 0 Å². The van der Waals surface area contributed by atoms with Crippen molar-refractivity contribution in [2.45, 2.75) is 6.54 Å². The normalized spacial score (nSPS) is 11.1. The molecule has 2 rings (SSSR count). The molecule has 0 spiro atoms. The van der Waals surface area contributed by atoms with Gasteiger partial charge in [0.05, 0.1) is 14.6 Å². The Morgan fingerprint density at radius 1 is 1.60 bits per heavy atom. The van der Waals surface area contributed by atoms with Gasteiger partial charge in [0.25, 0.3) is 5.56 Å². The Morgan fingerprint density at radius 3 is 3.00 bits per heavy atom. The van der Waals surface area contributed by atoms with Crippen molar-refractivity contribution in [3.63, 3.8) is 0 Å². The summed E-state index contributed by atoms with van der Waals surface area (Å²) in [5, 5.41) is 3.88. The predicted octanol–water partition coefficient (Wildman–Crippen LogP) is 2.08. The zero-order chi connectivity index (χ0) is 11.0. The first-order valence-corrected chi connectivity index (χ1v) is 6.16. The first-order valence-electron chi connectivity index (χ1n) is 4.55. The van der Waals surface area contributed by atoms with E-state index in [4.69, 9.17) is 0 Å². The van der Waals surface area contributed by atoms with Crippen molar-refractivity contribution < 1.29 is 0 Å². The van der Waals surface area contributed by atoms with E-state index in [9.17, 15) is 4.79 Å². The van der Waals surface area contributed by atoms with Crippen LogP contribution in [0.1, 0.15) is 4.88 Å². The molecule has 15 heavy (non-hydrogen) atoms. The minimum atomic E-state index is 0.0619. The van der Waals surface area contributed by atoms with Crippen LogP contribution >= 0.6 is 27.3 Å². The lowest BCUT2D eigenvalue weighted by atomic mass is 10.3. The van der Waals surface area contributed by atoms with E-state index in [1.165, 1.54) is 4.88 Å². The number of hydrogen-bond acceptors (Lipinski definition) is 3. The largest absolute Gasteiger partial charge is 0.317 e. The molecule has 0 fully saturated rings. The minimum absolute atomic E-state index is 0.0619. The molecule has 0 atom stereocenters. The van der Waals surface area contributed by atoms with E-state index in [2.05, 4.69) is 21.2 Å². The molecule has 0 amide bonds. The van der Waals surface area contributed by atoms with Crippen molar-refractivity contribution in [1.82, 2.24) is 9.88 Å². The van der Waals surface area contributed by atoms with Gasteiger partial charge >= 0.3 is 0 Å². The standard InChI is InChI=1S/C10H11BrN2OS/c1-12-4-6-3-7-9(15-6)8(11)5-13(2)10(7)14/h3,5,12H,4H2,1-2H3. The molecule has 0 bridgehead atoms. The second kappa shape index (κ2) is 4.08. The first-order chi connectivity index (χ1) is 7.13. The molecule has 0 saturated heterocycles. The molecule has 0 aliphatic rings. The fraction of sp³-hybridized carbons (Fsp3) is 0.300. The first kappa shape index (κ1) is 10.9. The van der Waals surface area contributed by atoms with Crippen LogP contribution in [0.25, 0.3) is 10.1 Å². The SMILES string of the molecule is CNCc1cc2c(=O)n(C)cc(Br)c2s1. The quantitative estimate of drug-likeness (QED) is 0.917. The summed E-state index contributed by atoms with van der Waals surface area (Å²) in [6, 6.07) is 1.96. The number of aromatic nitrogens is 1. The molecule has 0 unspecified atom stereocenters. The van der Waals surface area contributed by atoms with E-state index < -0.39 is 0 Å². The second-order valence-electron chi connectivity index (χ2n) is 3.38. The van der Waals surface area contributed by atoms with Gasteiger partial charge in [0, 0.05) is 24.7 Å². The van der Waals surface area contributed by atoms with Crippen molar-refractivity contribution in [1.29, 1.82) is 0 Å². The fourth-order valence-corrected chi connectivity index (χ4v) is 3.34. The van der Waals surface area contributed by atoms with Crippen LogP contribution in [0.3, 0.4) is 0 Å². The highest BCUT2D eigenvalue weighted by Crippen LogP contribution is 2.29. The molecule has 5 heteroatoms.